The number of aliphatic hydroxyl groups excluding tert-OH is 1. The van der Waals surface area contributed by atoms with Gasteiger partial charge in [-0.25, -0.2) is 4.98 Å². The topological polar surface area (TPSA) is 67.2 Å². The third-order valence-electron chi connectivity index (χ3n) is 1.95. The van der Waals surface area contributed by atoms with Crippen LogP contribution in [0.5, 0.6) is 0 Å². The molecule has 5 nitrogen and oxygen atoms in total. The van der Waals surface area contributed by atoms with E-state index in [0.29, 0.717) is 12.4 Å². The third-order valence-corrected chi connectivity index (χ3v) is 1.95. The molecule has 0 bridgehead atoms. The van der Waals surface area contributed by atoms with Gasteiger partial charge in [-0.2, -0.15) is 0 Å². The predicted molar refractivity (Wildman–Crippen MR) is 54.2 cm³/mol. The number of nitrogens with zero attached hydrogens (tertiary/aromatic N) is 2. The third kappa shape index (κ3) is 2.56. The van der Waals surface area contributed by atoms with E-state index in [1.807, 2.05) is 6.92 Å². The van der Waals surface area contributed by atoms with Gasteiger partial charge in [0, 0.05) is 32.6 Å². The van der Waals surface area contributed by atoms with Crippen LogP contribution in [-0.4, -0.2) is 27.8 Å². The van der Waals surface area contributed by atoms with Crippen LogP contribution >= 0.6 is 0 Å². The van der Waals surface area contributed by atoms with Gasteiger partial charge in [-0.1, -0.05) is 6.92 Å². The van der Waals surface area contributed by atoms with E-state index in [0.717, 1.165) is 0 Å². The number of aliphatic hydroxyl groups is 1. The fourth-order valence-corrected chi connectivity index (χ4v) is 0.955. The average molecular weight is 197 g/mol. The van der Waals surface area contributed by atoms with E-state index >= 15 is 0 Å². The van der Waals surface area contributed by atoms with Crippen LogP contribution in [0.15, 0.2) is 17.2 Å². The van der Waals surface area contributed by atoms with Crippen molar-refractivity contribution in [2.24, 2.45) is 13.0 Å². The summed E-state index contributed by atoms with van der Waals surface area (Å²) in [4.78, 5) is 15.4. The van der Waals surface area contributed by atoms with E-state index < -0.39 is 0 Å². The molecule has 14 heavy (non-hydrogen) atoms. The molecule has 78 valence electrons. The van der Waals surface area contributed by atoms with Crippen molar-refractivity contribution >= 4 is 5.82 Å². The molecule has 0 fully saturated rings. The van der Waals surface area contributed by atoms with Gasteiger partial charge >= 0.3 is 0 Å². The van der Waals surface area contributed by atoms with E-state index in [2.05, 4.69) is 10.3 Å². The highest BCUT2D eigenvalue weighted by molar-refractivity contribution is 5.30. The van der Waals surface area contributed by atoms with E-state index in [4.69, 9.17) is 5.11 Å². The zero-order valence-electron chi connectivity index (χ0n) is 8.40. The van der Waals surface area contributed by atoms with Crippen LogP contribution < -0.4 is 10.9 Å². The number of anilines is 1. The fourth-order valence-electron chi connectivity index (χ4n) is 0.955. The summed E-state index contributed by atoms with van der Waals surface area (Å²) in [6.07, 6.45) is 3.16. The first-order valence-corrected chi connectivity index (χ1v) is 4.51. The number of aryl methyl sites for hydroxylation is 1. The zero-order chi connectivity index (χ0) is 10.6. The van der Waals surface area contributed by atoms with Crippen molar-refractivity contribution in [3.8, 4) is 0 Å². The molecule has 5 heteroatoms. The minimum Gasteiger partial charge on any atom is -0.396 e. The van der Waals surface area contributed by atoms with E-state index in [1.54, 1.807) is 19.4 Å². The largest absolute Gasteiger partial charge is 0.396 e. The van der Waals surface area contributed by atoms with Gasteiger partial charge in [-0.3, -0.25) is 4.79 Å². The van der Waals surface area contributed by atoms with Gasteiger partial charge in [0.05, 0.1) is 0 Å². The van der Waals surface area contributed by atoms with Crippen molar-refractivity contribution in [3.63, 3.8) is 0 Å². The Morgan fingerprint density at radius 2 is 2.43 bits per heavy atom. The predicted octanol–water partition coefficient (Wildman–Crippen LogP) is -0.179. The molecule has 1 rings (SSSR count). The number of nitrogens with one attached hydrogen (secondary N) is 1. The Balaban J connectivity index is 2.68. The van der Waals surface area contributed by atoms with Gasteiger partial charge in [0.15, 0.2) is 5.82 Å². The maximum atomic E-state index is 11.4. The Kier molecular flexibility index (Phi) is 3.64. The molecule has 1 aromatic rings. The Labute approximate surface area is 82.4 Å². The summed E-state index contributed by atoms with van der Waals surface area (Å²) in [5.74, 6) is 0.442. The summed E-state index contributed by atoms with van der Waals surface area (Å²) < 4.78 is 1.46. The highest BCUT2D eigenvalue weighted by atomic mass is 16.3. The Morgan fingerprint density at radius 1 is 1.71 bits per heavy atom. The van der Waals surface area contributed by atoms with Crippen molar-refractivity contribution in [2.45, 2.75) is 6.92 Å². The van der Waals surface area contributed by atoms with Gasteiger partial charge in [-0.05, 0) is 5.92 Å². The summed E-state index contributed by atoms with van der Waals surface area (Å²) in [5.41, 5.74) is -0.155. The lowest BCUT2D eigenvalue weighted by Crippen LogP contribution is -2.24. The average Bonchev–Trinajstić information content (AvgIpc) is 2.20. The Morgan fingerprint density at radius 3 is 3.07 bits per heavy atom. The van der Waals surface area contributed by atoms with Gasteiger partial charge in [0.2, 0.25) is 0 Å². The molecule has 0 saturated carbocycles. The first-order valence-electron chi connectivity index (χ1n) is 4.51. The van der Waals surface area contributed by atoms with Crippen molar-refractivity contribution in [1.82, 2.24) is 9.55 Å². The van der Waals surface area contributed by atoms with E-state index in [-0.39, 0.29) is 18.1 Å². The maximum absolute atomic E-state index is 11.4. The van der Waals surface area contributed by atoms with Crippen molar-refractivity contribution in [2.75, 3.05) is 18.5 Å². The van der Waals surface area contributed by atoms with Crippen LogP contribution in [0.25, 0.3) is 0 Å². The number of hydrogen-bond donors (Lipinski definition) is 2. The van der Waals surface area contributed by atoms with Gasteiger partial charge < -0.3 is 15.0 Å². The lowest BCUT2D eigenvalue weighted by Gasteiger charge is -2.09. The number of hydrogen-bond acceptors (Lipinski definition) is 4. The van der Waals surface area contributed by atoms with E-state index in [9.17, 15) is 4.79 Å². The minimum atomic E-state index is -0.155. The molecule has 2 N–H and O–H groups in total. The first-order chi connectivity index (χ1) is 6.65. The smallest absolute Gasteiger partial charge is 0.293 e. The molecule has 1 unspecified atom stereocenters. The van der Waals surface area contributed by atoms with Crippen LogP contribution in [-0.2, 0) is 7.05 Å². The summed E-state index contributed by atoms with van der Waals surface area (Å²) in [7, 11) is 1.67. The number of aromatic nitrogens is 2. The second-order valence-electron chi connectivity index (χ2n) is 3.36. The Hall–Kier alpha value is -1.36. The maximum Gasteiger partial charge on any atom is 0.293 e. The highest BCUT2D eigenvalue weighted by Gasteiger charge is 2.04. The minimum absolute atomic E-state index is 0.0974. The zero-order valence-corrected chi connectivity index (χ0v) is 8.40. The van der Waals surface area contributed by atoms with Crippen LogP contribution in [0.1, 0.15) is 6.92 Å². The second-order valence-corrected chi connectivity index (χ2v) is 3.36. The summed E-state index contributed by atoms with van der Waals surface area (Å²) >= 11 is 0. The second kappa shape index (κ2) is 4.76. The SMILES string of the molecule is CC(CO)CNc1nccn(C)c1=O. The molecular weight excluding hydrogens is 182 g/mol. The molecule has 0 saturated heterocycles. The van der Waals surface area contributed by atoms with Crippen LogP contribution in [0.4, 0.5) is 5.82 Å². The first kappa shape index (κ1) is 10.7. The monoisotopic (exact) mass is 197 g/mol. The quantitative estimate of drug-likeness (QED) is 0.702. The summed E-state index contributed by atoms with van der Waals surface area (Å²) in [6.45, 7) is 2.53. The van der Waals surface area contributed by atoms with Crippen LogP contribution in [0.3, 0.4) is 0 Å². The molecule has 1 aromatic heterocycles. The molecule has 0 radical (unpaired) electrons. The summed E-state index contributed by atoms with van der Waals surface area (Å²) in [5, 5.41) is 11.7. The van der Waals surface area contributed by atoms with Crippen LogP contribution in [0.2, 0.25) is 0 Å². The van der Waals surface area contributed by atoms with Gasteiger partial charge in [-0.15, -0.1) is 0 Å². The lowest BCUT2D eigenvalue weighted by atomic mass is 10.2. The lowest BCUT2D eigenvalue weighted by molar-refractivity contribution is 0.244. The standard InChI is InChI=1S/C9H15N3O2/c1-7(6-13)5-11-8-9(14)12(2)4-3-10-8/h3-4,7,13H,5-6H2,1-2H3,(H,10,11). The molecule has 0 aliphatic rings. The highest BCUT2D eigenvalue weighted by Crippen LogP contribution is 1.96. The van der Waals surface area contributed by atoms with Gasteiger partial charge in [0.1, 0.15) is 0 Å². The molecular formula is C9H15N3O2. The van der Waals surface area contributed by atoms with Crippen molar-refractivity contribution in [1.29, 1.82) is 0 Å². The van der Waals surface area contributed by atoms with Crippen molar-refractivity contribution in [3.05, 3.63) is 22.7 Å². The Bertz CT molecular complexity index is 348. The molecule has 0 spiro atoms. The molecule has 0 amide bonds. The normalized spacial score (nSPS) is 12.5. The molecule has 0 aromatic carbocycles. The molecule has 1 atom stereocenters. The summed E-state index contributed by atoms with van der Waals surface area (Å²) in [6, 6.07) is 0. The number of rotatable bonds is 4. The molecule has 1 heterocycles. The van der Waals surface area contributed by atoms with Crippen molar-refractivity contribution < 1.29 is 5.11 Å². The van der Waals surface area contributed by atoms with Crippen LogP contribution in [0, 0.1) is 5.92 Å². The molecule has 0 aliphatic carbocycles. The van der Waals surface area contributed by atoms with Gasteiger partial charge in [0.25, 0.3) is 5.56 Å². The fraction of sp³-hybridized carbons (Fsp3) is 0.556. The molecule has 0 aliphatic heterocycles. The van der Waals surface area contributed by atoms with E-state index in [1.165, 1.54) is 4.57 Å².